The van der Waals surface area contributed by atoms with Gasteiger partial charge in [0.1, 0.15) is 5.75 Å². The van der Waals surface area contributed by atoms with Crippen molar-refractivity contribution in [1.29, 1.82) is 0 Å². The Morgan fingerprint density at radius 1 is 0.909 bits per heavy atom. The number of Topliss-reactive ketones (excluding diaryl/α,β-unsaturated/α-hetero) is 1. The van der Waals surface area contributed by atoms with Gasteiger partial charge in [-0.1, -0.05) is 30.7 Å². The van der Waals surface area contributed by atoms with Crippen molar-refractivity contribution in [3.8, 4) is 5.75 Å². The second-order valence-corrected chi connectivity index (χ2v) is 8.55. The molecule has 2 aromatic carbocycles. The number of rotatable bonds is 13. The molecule has 0 saturated carbocycles. The van der Waals surface area contributed by atoms with Crippen LogP contribution in [0.2, 0.25) is 0 Å². The Hall–Kier alpha value is -2.74. The SMILES string of the molecule is O=C(CCNCCc1ccc(O)cc1)Nc1cccc(C(=O)CNCCN2CCCCC2)c1. The van der Waals surface area contributed by atoms with E-state index < -0.39 is 0 Å². The maximum Gasteiger partial charge on any atom is 0.225 e. The van der Waals surface area contributed by atoms with Gasteiger partial charge in [0.15, 0.2) is 5.78 Å². The standard InChI is InChI=1S/C26H36N4O3/c31-24-9-7-21(8-10-24)11-13-27-14-12-26(33)29-23-6-4-5-22(19-23)25(32)20-28-15-18-30-16-2-1-3-17-30/h4-10,19,27-28,31H,1-3,11-18,20H2,(H,29,33). The van der Waals surface area contributed by atoms with Gasteiger partial charge in [-0.15, -0.1) is 0 Å². The first-order valence-electron chi connectivity index (χ1n) is 11.9. The summed E-state index contributed by atoms with van der Waals surface area (Å²) in [6, 6.07) is 14.3. The predicted octanol–water partition coefficient (Wildman–Crippen LogP) is 2.81. The van der Waals surface area contributed by atoms with E-state index in [1.54, 1.807) is 36.4 Å². The molecule has 0 atom stereocenters. The predicted molar refractivity (Wildman–Crippen MR) is 132 cm³/mol. The molecular weight excluding hydrogens is 416 g/mol. The van der Waals surface area contributed by atoms with Gasteiger partial charge < -0.3 is 26.0 Å². The molecule has 33 heavy (non-hydrogen) atoms. The number of phenolic OH excluding ortho intramolecular Hbond substituents is 1. The maximum atomic E-state index is 12.5. The van der Waals surface area contributed by atoms with Crippen molar-refractivity contribution in [2.24, 2.45) is 0 Å². The van der Waals surface area contributed by atoms with Gasteiger partial charge in [0.25, 0.3) is 0 Å². The van der Waals surface area contributed by atoms with Gasteiger partial charge in [0.05, 0.1) is 6.54 Å². The monoisotopic (exact) mass is 452 g/mol. The van der Waals surface area contributed by atoms with Crippen LogP contribution in [-0.4, -0.2) is 67.5 Å². The van der Waals surface area contributed by atoms with E-state index in [1.807, 2.05) is 12.1 Å². The molecule has 1 aliphatic heterocycles. The van der Waals surface area contributed by atoms with Crippen LogP contribution in [0, 0.1) is 0 Å². The fraction of sp³-hybridized carbons (Fsp3) is 0.462. The number of amides is 1. The summed E-state index contributed by atoms with van der Waals surface area (Å²) in [4.78, 5) is 27.2. The summed E-state index contributed by atoms with van der Waals surface area (Å²) in [5, 5.41) is 18.7. The number of carbonyl (C=O) groups is 2. The summed E-state index contributed by atoms with van der Waals surface area (Å²) in [6.45, 7) is 5.73. The summed E-state index contributed by atoms with van der Waals surface area (Å²) in [7, 11) is 0. The highest BCUT2D eigenvalue weighted by Gasteiger charge is 2.11. The van der Waals surface area contributed by atoms with Crippen molar-refractivity contribution < 1.29 is 14.7 Å². The molecule has 7 heteroatoms. The minimum atomic E-state index is -0.0867. The van der Waals surface area contributed by atoms with Crippen LogP contribution in [0.4, 0.5) is 5.69 Å². The molecule has 1 amide bonds. The number of likely N-dealkylation sites (tertiary alicyclic amines) is 1. The number of nitrogens with zero attached hydrogens (tertiary/aromatic N) is 1. The molecular formula is C26H36N4O3. The third-order valence-corrected chi connectivity index (χ3v) is 5.86. The van der Waals surface area contributed by atoms with Gasteiger partial charge in [-0.2, -0.15) is 0 Å². The molecule has 178 valence electrons. The highest BCUT2D eigenvalue weighted by molar-refractivity contribution is 5.99. The number of hydrogen-bond donors (Lipinski definition) is 4. The van der Waals surface area contributed by atoms with Crippen molar-refractivity contribution in [2.75, 3.05) is 51.1 Å². The first-order valence-corrected chi connectivity index (χ1v) is 11.9. The zero-order valence-electron chi connectivity index (χ0n) is 19.3. The number of benzene rings is 2. The topological polar surface area (TPSA) is 93.7 Å². The lowest BCUT2D eigenvalue weighted by Crippen LogP contribution is -2.37. The maximum absolute atomic E-state index is 12.5. The second-order valence-electron chi connectivity index (χ2n) is 8.55. The highest BCUT2D eigenvalue weighted by atomic mass is 16.3. The number of piperidine rings is 1. The molecule has 0 radical (unpaired) electrons. The molecule has 0 aliphatic carbocycles. The second kappa shape index (κ2) is 13.7. The molecule has 2 aromatic rings. The van der Waals surface area contributed by atoms with Crippen LogP contribution in [0.25, 0.3) is 0 Å². The first kappa shape index (κ1) is 24.9. The summed E-state index contributed by atoms with van der Waals surface area (Å²) in [6.07, 6.45) is 5.05. The van der Waals surface area contributed by atoms with Gasteiger partial charge in [0.2, 0.25) is 5.91 Å². The van der Waals surface area contributed by atoms with Crippen molar-refractivity contribution in [3.63, 3.8) is 0 Å². The lowest BCUT2D eigenvalue weighted by Gasteiger charge is -2.26. The molecule has 7 nitrogen and oxygen atoms in total. The molecule has 0 aromatic heterocycles. The highest BCUT2D eigenvalue weighted by Crippen LogP contribution is 2.12. The molecule has 4 N–H and O–H groups in total. The van der Waals surface area contributed by atoms with Gasteiger partial charge in [-0.25, -0.2) is 0 Å². The van der Waals surface area contributed by atoms with E-state index in [9.17, 15) is 14.7 Å². The van der Waals surface area contributed by atoms with Crippen LogP contribution in [0.1, 0.15) is 41.6 Å². The van der Waals surface area contributed by atoms with Crippen LogP contribution >= 0.6 is 0 Å². The Balaban J connectivity index is 1.31. The van der Waals surface area contributed by atoms with Gasteiger partial charge in [-0.05, 0) is 68.7 Å². The van der Waals surface area contributed by atoms with Crippen LogP contribution in [0.3, 0.4) is 0 Å². The van der Waals surface area contributed by atoms with E-state index in [-0.39, 0.29) is 17.4 Å². The Bertz CT molecular complexity index is 879. The molecule has 1 aliphatic rings. The zero-order chi connectivity index (χ0) is 23.3. The molecule has 1 fully saturated rings. The van der Waals surface area contributed by atoms with E-state index in [4.69, 9.17) is 0 Å². The number of phenols is 1. The molecule has 1 saturated heterocycles. The van der Waals surface area contributed by atoms with Gasteiger partial charge in [-0.3, -0.25) is 9.59 Å². The average molecular weight is 453 g/mol. The molecule has 0 spiro atoms. The number of anilines is 1. The summed E-state index contributed by atoms with van der Waals surface area (Å²) in [5.41, 5.74) is 2.38. The lowest BCUT2D eigenvalue weighted by atomic mass is 10.1. The number of aromatic hydroxyl groups is 1. The van der Waals surface area contributed by atoms with E-state index in [1.165, 1.54) is 19.3 Å². The molecule has 1 heterocycles. The third kappa shape index (κ3) is 9.34. The average Bonchev–Trinajstić information content (AvgIpc) is 2.83. The van der Waals surface area contributed by atoms with Gasteiger partial charge >= 0.3 is 0 Å². The normalized spacial score (nSPS) is 14.2. The van der Waals surface area contributed by atoms with E-state index in [0.29, 0.717) is 30.8 Å². The Kier molecular flexibility index (Phi) is 10.4. The Labute approximate surface area is 196 Å². The van der Waals surface area contributed by atoms with E-state index in [0.717, 1.165) is 44.7 Å². The summed E-state index contributed by atoms with van der Waals surface area (Å²) >= 11 is 0. The summed E-state index contributed by atoms with van der Waals surface area (Å²) in [5.74, 6) is 0.204. The van der Waals surface area contributed by atoms with E-state index >= 15 is 0 Å². The molecule has 3 rings (SSSR count). The smallest absolute Gasteiger partial charge is 0.225 e. The lowest BCUT2D eigenvalue weighted by molar-refractivity contribution is -0.116. The number of ketones is 1. The quantitative estimate of drug-likeness (QED) is 0.276. The first-order chi connectivity index (χ1) is 16.1. The van der Waals surface area contributed by atoms with Crippen LogP contribution < -0.4 is 16.0 Å². The Morgan fingerprint density at radius 3 is 2.48 bits per heavy atom. The van der Waals surface area contributed by atoms with Crippen molar-refractivity contribution in [1.82, 2.24) is 15.5 Å². The number of nitrogens with one attached hydrogen (secondary N) is 3. The minimum Gasteiger partial charge on any atom is -0.508 e. The van der Waals surface area contributed by atoms with Crippen molar-refractivity contribution in [3.05, 3.63) is 59.7 Å². The third-order valence-electron chi connectivity index (χ3n) is 5.86. The van der Waals surface area contributed by atoms with Crippen molar-refractivity contribution in [2.45, 2.75) is 32.1 Å². The fourth-order valence-electron chi connectivity index (χ4n) is 3.94. The number of carbonyl (C=O) groups excluding carboxylic acids is 2. The number of hydrogen-bond acceptors (Lipinski definition) is 6. The summed E-state index contributed by atoms with van der Waals surface area (Å²) < 4.78 is 0. The fourth-order valence-corrected chi connectivity index (χ4v) is 3.94. The molecule has 0 unspecified atom stereocenters. The minimum absolute atomic E-state index is 0.0284. The van der Waals surface area contributed by atoms with Crippen LogP contribution in [-0.2, 0) is 11.2 Å². The zero-order valence-corrected chi connectivity index (χ0v) is 19.3. The Morgan fingerprint density at radius 2 is 1.70 bits per heavy atom. The molecule has 0 bridgehead atoms. The van der Waals surface area contributed by atoms with Gasteiger partial charge in [0, 0.05) is 37.3 Å². The van der Waals surface area contributed by atoms with Crippen LogP contribution in [0.15, 0.2) is 48.5 Å². The van der Waals surface area contributed by atoms with Crippen molar-refractivity contribution >= 4 is 17.4 Å². The van der Waals surface area contributed by atoms with E-state index in [2.05, 4.69) is 20.9 Å². The largest absolute Gasteiger partial charge is 0.508 e. The van der Waals surface area contributed by atoms with Crippen LogP contribution in [0.5, 0.6) is 5.75 Å².